The first-order valence-corrected chi connectivity index (χ1v) is 7.45. The van der Waals surface area contributed by atoms with E-state index in [1.807, 2.05) is 0 Å². The predicted octanol–water partition coefficient (Wildman–Crippen LogP) is 0.461. The second-order valence-electron chi connectivity index (χ2n) is 5.29. The average Bonchev–Trinajstić information content (AvgIpc) is 2.40. The molecule has 1 aliphatic rings. The van der Waals surface area contributed by atoms with Crippen molar-refractivity contribution in [2.24, 2.45) is 5.92 Å². The van der Waals surface area contributed by atoms with Crippen molar-refractivity contribution in [2.45, 2.75) is 26.2 Å². The smallest absolute Gasteiger partial charge is 0.234 e. The van der Waals surface area contributed by atoms with E-state index in [1.54, 1.807) is 7.11 Å². The van der Waals surface area contributed by atoms with Crippen molar-refractivity contribution >= 4 is 5.91 Å². The van der Waals surface area contributed by atoms with Crippen LogP contribution >= 0.6 is 0 Å². The molecule has 1 aliphatic heterocycles. The molecule has 0 aromatic rings. The van der Waals surface area contributed by atoms with Crippen molar-refractivity contribution < 1.29 is 9.53 Å². The van der Waals surface area contributed by atoms with E-state index in [0.717, 1.165) is 32.6 Å². The van der Waals surface area contributed by atoms with E-state index in [1.165, 1.54) is 12.8 Å². The minimum absolute atomic E-state index is 0.106. The second-order valence-corrected chi connectivity index (χ2v) is 5.29. The molecular formula is C14H29N3O2. The van der Waals surface area contributed by atoms with Gasteiger partial charge in [0.2, 0.25) is 5.91 Å². The zero-order valence-corrected chi connectivity index (χ0v) is 12.4. The average molecular weight is 271 g/mol. The SMILES string of the molecule is CCCN(CC(=O)NCCOC)CC1CCCNC1. The molecule has 5 heteroatoms. The molecule has 0 saturated carbocycles. The monoisotopic (exact) mass is 271 g/mol. The van der Waals surface area contributed by atoms with E-state index < -0.39 is 0 Å². The van der Waals surface area contributed by atoms with E-state index in [2.05, 4.69) is 22.5 Å². The first-order valence-electron chi connectivity index (χ1n) is 7.45. The van der Waals surface area contributed by atoms with Gasteiger partial charge in [0.15, 0.2) is 0 Å². The molecule has 5 nitrogen and oxygen atoms in total. The summed E-state index contributed by atoms with van der Waals surface area (Å²) in [7, 11) is 1.64. The lowest BCUT2D eigenvalue weighted by molar-refractivity contribution is -0.122. The van der Waals surface area contributed by atoms with Crippen molar-refractivity contribution in [2.75, 3.05) is 53.0 Å². The molecule has 1 heterocycles. The summed E-state index contributed by atoms with van der Waals surface area (Å²) in [5.41, 5.74) is 0. The summed E-state index contributed by atoms with van der Waals surface area (Å²) in [4.78, 5) is 14.1. The van der Waals surface area contributed by atoms with Crippen LogP contribution in [-0.2, 0) is 9.53 Å². The summed E-state index contributed by atoms with van der Waals surface area (Å²) >= 11 is 0. The Morgan fingerprint density at radius 1 is 1.53 bits per heavy atom. The van der Waals surface area contributed by atoms with Crippen LogP contribution < -0.4 is 10.6 Å². The van der Waals surface area contributed by atoms with Gasteiger partial charge in [-0.25, -0.2) is 0 Å². The van der Waals surface area contributed by atoms with Crippen molar-refractivity contribution in [1.82, 2.24) is 15.5 Å². The van der Waals surface area contributed by atoms with Gasteiger partial charge in [-0.2, -0.15) is 0 Å². The lowest BCUT2D eigenvalue weighted by atomic mass is 9.99. The van der Waals surface area contributed by atoms with E-state index in [-0.39, 0.29) is 5.91 Å². The number of methoxy groups -OCH3 is 1. The first-order chi connectivity index (χ1) is 9.26. The Morgan fingerprint density at radius 2 is 2.37 bits per heavy atom. The Labute approximate surface area is 117 Å². The molecule has 1 saturated heterocycles. The Hall–Kier alpha value is -0.650. The largest absolute Gasteiger partial charge is 0.383 e. The standard InChI is InChI=1S/C14H29N3O2/c1-3-8-17(11-13-5-4-6-15-10-13)12-14(18)16-7-9-19-2/h13,15H,3-12H2,1-2H3,(H,16,18). The molecule has 0 aromatic heterocycles. The van der Waals surface area contributed by atoms with E-state index in [0.29, 0.717) is 25.6 Å². The van der Waals surface area contributed by atoms with Crippen LogP contribution in [-0.4, -0.2) is 63.8 Å². The van der Waals surface area contributed by atoms with Crippen LogP contribution in [0.15, 0.2) is 0 Å². The molecule has 0 aliphatic carbocycles. The van der Waals surface area contributed by atoms with Gasteiger partial charge in [-0.15, -0.1) is 0 Å². The molecule has 0 bridgehead atoms. The number of amides is 1. The number of hydrogen-bond acceptors (Lipinski definition) is 4. The van der Waals surface area contributed by atoms with Crippen LogP contribution in [0.4, 0.5) is 0 Å². The van der Waals surface area contributed by atoms with Gasteiger partial charge in [0.1, 0.15) is 0 Å². The minimum Gasteiger partial charge on any atom is -0.383 e. The van der Waals surface area contributed by atoms with Gasteiger partial charge in [0, 0.05) is 20.2 Å². The number of rotatable bonds is 9. The Morgan fingerprint density at radius 3 is 3.00 bits per heavy atom. The number of carbonyl (C=O) groups is 1. The molecule has 112 valence electrons. The number of ether oxygens (including phenoxy) is 1. The van der Waals surface area contributed by atoms with Crippen LogP contribution in [0.3, 0.4) is 0 Å². The normalized spacial score (nSPS) is 19.6. The number of piperidine rings is 1. The maximum absolute atomic E-state index is 11.8. The Kier molecular flexibility index (Phi) is 8.79. The van der Waals surface area contributed by atoms with Crippen molar-refractivity contribution in [3.8, 4) is 0 Å². The van der Waals surface area contributed by atoms with E-state index >= 15 is 0 Å². The van der Waals surface area contributed by atoms with Gasteiger partial charge in [-0.3, -0.25) is 9.69 Å². The second kappa shape index (κ2) is 10.2. The van der Waals surface area contributed by atoms with Gasteiger partial charge in [-0.05, 0) is 44.8 Å². The molecule has 0 spiro atoms. The summed E-state index contributed by atoms with van der Waals surface area (Å²) in [6, 6.07) is 0. The van der Waals surface area contributed by atoms with Crippen molar-refractivity contribution in [3.63, 3.8) is 0 Å². The lowest BCUT2D eigenvalue weighted by Gasteiger charge is -2.29. The topological polar surface area (TPSA) is 53.6 Å². The first kappa shape index (κ1) is 16.4. The number of nitrogens with zero attached hydrogens (tertiary/aromatic N) is 1. The molecule has 1 amide bonds. The number of nitrogens with one attached hydrogen (secondary N) is 2. The van der Waals surface area contributed by atoms with Crippen LogP contribution in [0.5, 0.6) is 0 Å². The lowest BCUT2D eigenvalue weighted by Crippen LogP contribution is -2.43. The highest BCUT2D eigenvalue weighted by Crippen LogP contribution is 2.11. The molecule has 1 unspecified atom stereocenters. The predicted molar refractivity (Wildman–Crippen MR) is 77.2 cm³/mol. The van der Waals surface area contributed by atoms with Crippen LogP contribution in [0.2, 0.25) is 0 Å². The van der Waals surface area contributed by atoms with Gasteiger partial charge in [0.25, 0.3) is 0 Å². The fourth-order valence-corrected chi connectivity index (χ4v) is 2.55. The fourth-order valence-electron chi connectivity index (χ4n) is 2.55. The third kappa shape index (κ3) is 7.50. The third-order valence-electron chi connectivity index (χ3n) is 3.45. The molecule has 1 rings (SSSR count). The summed E-state index contributed by atoms with van der Waals surface area (Å²) in [6.07, 6.45) is 3.62. The maximum Gasteiger partial charge on any atom is 0.234 e. The summed E-state index contributed by atoms with van der Waals surface area (Å²) < 4.78 is 4.93. The number of carbonyl (C=O) groups excluding carboxylic acids is 1. The third-order valence-corrected chi connectivity index (χ3v) is 3.45. The molecule has 2 N–H and O–H groups in total. The van der Waals surface area contributed by atoms with Crippen molar-refractivity contribution in [3.05, 3.63) is 0 Å². The number of hydrogen-bond donors (Lipinski definition) is 2. The zero-order chi connectivity index (χ0) is 13.9. The Bertz CT molecular complexity index is 243. The van der Waals surface area contributed by atoms with Crippen LogP contribution in [0, 0.1) is 5.92 Å². The van der Waals surface area contributed by atoms with E-state index in [9.17, 15) is 4.79 Å². The molecule has 1 fully saturated rings. The summed E-state index contributed by atoms with van der Waals surface area (Å²) in [6.45, 7) is 8.09. The van der Waals surface area contributed by atoms with Gasteiger partial charge in [-0.1, -0.05) is 6.92 Å². The van der Waals surface area contributed by atoms with Crippen LogP contribution in [0.1, 0.15) is 26.2 Å². The fraction of sp³-hybridized carbons (Fsp3) is 0.929. The highest BCUT2D eigenvalue weighted by atomic mass is 16.5. The van der Waals surface area contributed by atoms with Gasteiger partial charge >= 0.3 is 0 Å². The molecule has 0 aromatic carbocycles. The highest BCUT2D eigenvalue weighted by Gasteiger charge is 2.18. The molecule has 1 atom stereocenters. The van der Waals surface area contributed by atoms with Crippen LogP contribution in [0.25, 0.3) is 0 Å². The highest BCUT2D eigenvalue weighted by molar-refractivity contribution is 5.77. The molecule has 19 heavy (non-hydrogen) atoms. The maximum atomic E-state index is 11.8. The quantitative estimate of drug-likeness (QED) is 0.598. The summed E-state index contributed by atoms with van der Waals surface area (Å²) in [5.74, 6) is 0.793. The van der Waals surface area contributed by atoms with Gasteiger partial charge < -0.3 is 15.4 Å². The zero-order valence-electron chi connectivity index (χ0n) is 12.4. The summed E-state index contributed by atoms with van der Waals surface area (Å²) in [5, 5.41) is 6.32. The Balaban J connectivity index is 2.27. The van der Waals surface area contributed by atoms with E-state index in [4.69, 9.17) is 4.74 Å². The van der Waals surface area contributed by atoms with Crippen molar-refractivity contribution in [1.29, 1.82) is 0 Å². The van der Waals surface area contributed by atoms with Gasteiger partial charge in [0.05, 0.1) is 13.2 Å². The molecular weight excluding hydrogens is 242 g/mol. The molecule has 0 radical (unpaired) electrons. The minimum atomic E-state index is 0.106.